The summed E-state index contributed by atoms with van der Waals surface area (Å²) in [6.45, 7) is -0.0575. The van der Waals surface area contributed by atoms with E-state index >= 15 is 0 Å². The van der Waals surface area contributed by atoms with E-state index in [0.29, 0.717) is 30.4 Å². The van der Waals surface area contributed by atoms with Crippen molar-refractivity contribution in [3.8, 4) is 5.75 Å². The van der Waals surface area contributed by atoms with Gasteiger partial charge in [-0.1, -0.05) is 5.16 Å². The maximum absolute atomic E-state index is 12.4. The number of amides is 1. The van der Waals surface area contributed by atoms with Gasteiger partial charge >= 0.3 is 6.61 Å². The molecule has 122 valence electrons. The molecule has 1 amide bonds. The fraction of sp³-hybridized carbons (Fsp3) is 0.400. The molecule has 0 unspecified atom stereocenters. The standard InChI is InChI=1S/C15H15F2N3O3/c1-9-18-13(23-19-9)11-6-7-20(8-11)14(21)10-2-4-12(5-3-10)22-15(16)17/h2-5,11,15H,6-8H2,1H3/t11-/m0/s1. The first-order chi connectivity index (χ1) is 11.0. The Morgan fingerprint density at radius 3 is 2.74 bits per heavy atom. The van der Waals surface area contributed by atoms with Gasteiger partial charge in [-0.3, -0.25) is 4.79 Å². The molecule has 1 fully saturated rings. The highest BCUT2D eigenvalue weighted by molar-refractivity contribution is 5.94. The average molecular weight is 323 g/mol. The molecule has 0 bridgehead atoms. The molecule has 8 heteroatoms. The number of nitrogens with zero attached hydrogens (tertiary/aromatic N) is 3. The largest absolute Gasteiger partial charge is 0.435 e. The summed E-state index contributed by atoms with van der Waals surface area (Å²) in [7, 11) is 0. The number of hydrogen-bond acceptors (Lipinski definition) is 5. The summed E-state index contributed by atoms with van der Waals surface area (Å²) in [6.07, 6.45) is 0.750. The third-order valence-electron chi connectivity index (χ3n) is 3.69. The monoisotopic (exact) mass is 323 g/mol. The first-order valence-electron chi connectivity index (χ1n) is 7.17. The molecule has 1 aromatic carbocycles. The van der Waals surface area contributed by atoms with Gasteiger partial charge in [0.1, 0.15) is 5.75 Å². The maximum Gasteiger partial charge on any atom is 0.387 e. The summed E-state index contributed by atoms with van der Waals surface area (Å²) in [5.74, 6) is 1.00. The molecular weight excluding hydrogens is 308 g/mol. The third-order valence-corrected chi connectivity index (χ3v) is 3.69. The van der Waals surface area contributed by atoms with Crippen LogP contribution in [-0.4, -0.2) is 40.6 Å². The van der Waals surface area contributed by atoms with E-state index < -0.39 is 6.61 Å². The topological polar surface area (TPSA) is 68.5 Å². The molecule has 0 radical (unpaired) electrons. The molecule has 3 rings (SSSR count). The van der Waals surface area contributed by atoms with Crippen LogP contribution in [0.15, 0.2) is 28.8 Å². The molecule has 0 aliphatic carbocycles. The van der Waals surface area contributed by atoms with Crippen LogP contribution in [0, 0.1) is 6.92 Å². The van der Waals surface area contributed by atoms with Crippen molar-refractivity contribution in [1.29, 1.82) is 0 Å². The van der Waals surface area contributed by atoms with Gasteiger partial charge in [-0.05, 0) is 37.6 Å². The van der Waals surface area contributed by atoms with Crippen LogP contribution in [0.25, 0.3) is 0 Å². The molecule has 6 nitrogen and oxygen atoms in total. The molecule has 0 spiro atoms. The Labute approximate surface area is 131 Å². The molecule has 1 atom stereocenters. The minimum Gasteiger partial charge on any atom is -0.435 e. The lowest BCUT2D eigenvalue weighted by Gasteiger charge is -2.16. The maximum atomic E-state index is 12.4. The van der Waals surface area contributed by atoms with Crippen molar-refractivity contribution in [1.82, 2.24) is 15.0 Å². The van der Waals surface area contributed by atoms with Gasteiger partial charge in [0.15, 0.2) is 5.82 Å². The number of rotatable bonds is 4. The van der Waals surface area contributed by atoms with Crippen LogP contribution >= 0.6 is 0 Å². The van der Waals surface area contributed by atoms with Crippen LogP contribution in [0.2, 0.25) is 0 Å². The van der Waals surface area contributed by atoms with Crippen molar-refractivity contribution in [2.24, 2.45) is 0 Å². The molecule has 1 aliphatic heterocycles. The van der Waals surface area contributed by atoms with Crippen LogP contribution < -0.4 is 4.74 Å². The minimum atomic E-state index is -2.88. The van der Waals surface area contributed by atoms with E-state index in [1.54, 1.807) is 11.8 Å². The second-order valence-corrected chi connectivity index (χ2v) is 5.32. The molecule has 1 aromatic heterocycles. The van der Waals surface area contributed by atoms with E-state index in [1.807, 2.05) is 0 Å². The van der Waals surface area contributed by atoms with E-state index in [0.717, 1.165) is 6.42 Å². The van der Waals surface area contributed by atoms with E-state index in [2.05, 4.69) is 14.9 Å². The predicted molar refractivity (Wildman–Crippen MR) is 75.4 cm³/mol. The summed E-state index contributed by atoms with van der Waals surface area (Å²) >= 11 is 0. The van der Waals surface area contributed by atoms with Gasteiger partial charge < -0.3 is 14.2 Å². The Kier molecular flexibility index (Phi) is 4.22. The Bertz CT molecular complexity index is 688. The Hall–Kier alpha value is -2.51. The number of likely N-dealkylation sites (tertiary alicyclic amines) is 1. The molecule has 2 heterocycles. The zero-order valence-electron chi connectivity index (χ0n) is 12.4. The fourth-order valence-corrected chi connectivity index (χ4v) is 2.59. The highest BCUT2D eigenvalue weighted by atomic mass is 19.3. The number of carbonyl (C=O) groups excluding carboxylic acids is 1. The van der Waals surface area contributed by atoms with Gasteiger partial charge in [-0.2, -0.15) is 13.8 Å². The summed E-state index contributed by atoms with van der Waals surface area (Å²) in [5.41, 5.74) is 0.425. The van der Waals surface area contributed by atoms with Crippen molar-refractivity contribution in [3.63, 3.8) is 0 Å². The zero-order chi connectivity index (χ0) is 16.4. The number of halogens is 2. The number of benzene rings is 1. The highest BCUT2D eigenvalue weighted by Gasteiger charge is 2.31. The normalized spacial score (nSPS) is 17.7. The van der Waals surface area contributed by atoms with Crippen LogP contribution in [0.5, 0.6) is 5.75 Å². The Morgan fingerprint density at radius 1 is 1.39 bits per heavy atom. The molecule has 0 N–H and O–H groups in total. The van der Waals surface area contributed by atoms with Crippen molar-refractivity contribution in [3.05, 3.63) is 41.5 Å². The molecule has 0 saturated carbocycles. The molecule has 23 heavy (non-hydrogen) atoms. The zero-order valence-corrected chi connectivity index (χ0v) is 12.4. The van der Waals surface area contributed by atoms with Gasteiger partial charge in [-0.15, -0.1) is 0 Å². The minimum absolute atomic E-state index is 0.0252. The fourth-order valence-electron chi connectivity index (χ4n) is 2.59. The van der Waals surface area contributed by atoms with Crippen molar-refractivity contribution in [2.45, 2.75) is 25.9 Å². The second-order valence-electron chi connectivity index (χ2n) is 5.32. The Morgan fingerprint density at radius 2 is 2.13 bits per heavy atom. The third kappa shape index (κ3) is 3.46. The van der Waals surface area contributed by atoms with Crippen LogP contribution in [0.3, 0.4) is 0 Å². The lowest BCUT2D eigenvalue weighted by Crippen LogP contribution is -2.28. The average Bonchev–Trinajstić information content (AvgIpc) is 3.15. The number of alkyl halides is 2. The molecule has 1 saturated heterocycles. The smallest absolute Gasteiger partial charge is 0.387 e. The quantitative estimate of drug-likeness (QED) is 0.865. The van der Waals surface area contributed by atoms with E-state index in [-0.39, 0.29) is 17.6 Å². The van der Waals surface area contributed by atoms with Gasteiger partial charge in [0.05, 0.1) is 5.92 Å². The lowest BCUT2D eigenvalue weighted by atomic mass is 10.1. The summed E-state index contributed by atoms with van der Waals surface area (Å²) in [4.78, 5) is 18.3. The van der Waals surface area contributed by atoms with Crippen LogP contribution in [-0.2, 0) is 0 Å². The van der Waals surface area contributed by atoms with Crippen LogP contribution in [0.4, 0.5) is 8.78 Å². The Balaban J connectivity index is 1.64. The first kappa shape index (κ1) is 15.4. The number of ether oxygens (including phenoxy) is 1. The van der Waals surface area contributed by atoms with Gasteiger partial charge in [0, 0.05) is 18.7 Å². The molecular formula is C15H15F2N3O3. The second kappa shape index (κ2) is 6.31. The predicted octanol–water partition coefficient (Wildman–Crippen LogP) is 2.61. The van der Waals surface area contributed by atoms with Gasteiger partial charge in [0.25, 0.3) is 5.91 Å². The van der Waals surface area contributed by atoms with Crippen molar-refractivity contribution >= 4 is 5.91 Å². The van der Waals surface area contributed by atoms with Gasteiger partial charge in [-0.25, -0.2) is 0 Å². The first-order valence-corrected chi connectivity index (χ1v) is 7.17. The number of hydrogen-bond donors (Lipinski definition) is 0. The molecule has 1 aliphatic rings. The van der Waals surface area contributed by atoms with Crippen molar-refractivity contribution in [2.75, 3.05) is 13.1 Å². The van der Waals surface area contributed by atoms with Crippen LogP contribution in [0.1, 0.15) is 34.4 Å². The number of aromatic nitrogens is 2. The SMILES string of the molecule is Cc1noc([C@H]2CCN(C(=O)c3ccc(OC(F)F)cc3)C2)n1. The van der Waals surface area contributed by atoms with E-state index in [9.17, 15) is 13.6 Å². The van der Waals surface area contributed by atoms with Gasteiger partial charge in [0.2, 0.25) is 5.89 Å². The van der Waals surface area contributed by atoms with Crippen molar-refractivity contribution < 1.29 is 22.8 Å². The highest BCUT2D eigenvalue weighted by Crippen LogP contribution is 2.27. The lowest BCUT2D eigenvalue weighted by molar-refractivity contribution is -0.0498. The molecule has 2 aromatic rings. The number of carbonyl (C=O) groups is 1. The summed E-state index contributed by atoms with van der Waals surface area (Å²) in [6, 6.07) is 5.66. The van der Waals surface area contributed by atoms with E-state index in [1.165, 1.54) is 24.3 Å². The number of aryl methyl sites for hydroxylation is 1. The summed E-state index contributed by atoms with van der Waals surface area (Å²) in [5, 5.41) is 3.76. The van der Waals surface area contributed by atoms with E-state index in [4.69, 9.17) is 4.52 Å². The summed E-state index contributed by atoms with van der Waals surface area (Å²) < 4.78 is 33.6.